The van der Waals surface area contributed by atoms with E-state index >= 15 is 0 Å². The Morgan fingerprint density at radius 2 is 2.35 bits per heavy atom. The molecule has 0 spiro atoms. The van der Waals surface area contributed by atoms with Crippen molar-refractivity contribution in [2.24, 2.45) is 0 Å². The first-order valence-corrected chi connectivity index (χ1v) is 7.98. The number of halogens is 1. The predicted molar refractivity (Wildman–Crippen MR) is 78.7 cm³/mol. The molecule has 2 rings (SSSR count). The highest BCUT2D eigenvalue weighted by Gasteiger charge is 1.97. The van der Waals surface area contributed by atoms with Crippen LogP contribution in [0, 0.1) is 0 Å². The van der Waals surface area contributed by atoms with Crippen LogP contribution in [0.25, 0.3) is 0 Å². The Morgan fingerprint density at radius 3 is 3.06 bits per heavy atom. The lowest BCUT2D eigenvalue weighted by molar-refractivity contribution is 0.740. The van der Waals surface area contributed by atoms with Crippen molar-refractivity contribution in [3.63, 3.8) is 0 Å². The van der Waals surface area contributed by atoms with Gasteiger partial charge in [-0.1, -0.05) is 6.07 Å². The molecule has 0 fully saturated rings. The number of pyridine rings is 1. The summed E-state index contributed by atoms with van der Waals surface area (Å²) in [6.45, 7) is 1.94. The molecule has 2 heterocycles. The van der Waals surface area contributed by atoms with Gasteiger partial charge in [0.15, 0.2) is 0 Å². The second-order valence-electron chi connectivity index (χ2n) is 3.42. The van der Waals surface area contributed by atoms with Crippen molar-refractivity contribution >= 4 is 39.0 Å². The first-order valence-electron chi connectivity index (χ1n) is 5.32. The van der Waals surface area contributed by atoms with Crippen LogP contribution in [0.15, 0.2) is 45.3 Å². The van der Waals surface area contributed by atoms with Crippen LogP contribution in [0.2, 0.25) is 0 Å². The quantitative estimate of drug-likeness (QED) is 0.645. The van der Waals surface area contributed by atoms with Gasteiger partial charge in [-0.3, -0.25) is 0 Å². The summed E-state index contributed by atoms with van der Waals surface area (Å²) in [5.41, 5.74) is 0. The van der Waals surface area contributed by atoms with Gasteiger partial charge >= 0.3 is 0 Å². The fourth-order valence-electron chi connectivity index (χ4n) is 1.32. The number of nitrogens with zero attached hydrogens (tertiary/aromatic N) is 1. The highest BCUT2D eigenvalue weighted by Crippen LogP contribution is 2.19. The van der Waals surface area contributed by atoms with Crippen LogP contribution >= 0.6 is 39.0 Å². The summed E-state index contributed by atoms with van der Waals surface area (Å²) in [6, 6.07) is 8.16. The Bertz CT molecular complexity index is 445. The van der Waals surface area contributed by atoms with Crippen molar-refractivity contribution in [1.29, 1.82) is 0 Å². The average molecular weight is 329 g/mol. The summed E-state index contributed by atoms with van der Waals surface area (Å²) in [6.07, 6.45) is 1.83. The van der Waals surface area contributed by atoms with Crippen molar-refractivity contribution < 1.29 is 0 Å². The normalized spacial score (nSPS) is 10.6. The van der Waals surface area contributed by atoms with Gasteiger partial charge in [0.05, 0.1) is 5.03 Å². The Hall–Kier alpha value is -0.360. The van der Waals surface area contributed by atoms with E-state index in [2.05, 4.69) is 37.7 Å². The third-order valence-electron chi connectivity index (χ3n) is 2.09. The molecule has 0 aliphatic carbocycles. The molecule has 1 N–H and O–H groups in total. The van der Waals surface area contributed by atoms with Gasteiger partial charge in [0, 0.05) is 39.8 Å². The summed E-state index contributed by atoms with van der Waals surface area (Å²) in [7, 11) is 0. The van der Waals surface area contributed by atoms with Crippen molar-refractivity contribution in [2.45, 2.75) is 11.6 Å². The van der Waals surface area contributed by atoms with Crippen LogP contribution in [0.5, 0.6) is 0 Å². The standard InChI is InChI=1S/C12H13BrN2S2/c13-10-7-11(17-9-10)8-14-5-6-16-12-3-1-2-4-15-12/h1-4,7,9,14H,5-6,8H2. The fraction of sp³-hybridized carbons (Fsp3) is 0.250. The molecule has 2 aromatic rings. The topological polar surface area (TPSA) is 24.9 Å². The monoisotopic (exact) mass is 328 g/mol. The molecule has 90 valence electrons. The number of rotatable bonds is 6. The minimum absolute atomic E-state index is 0.943. The number of hydrogen-bond acceptors (Lipinski definition) is 4. The molecule has 0 bridgehead atoms. The summed E-state index contributed by atoms with van der Waals surface area (Å²) in [4.78, 5) is 5.63. The van der Waals surface area contributed by atoms with E-state index < -0.39 is 0 Å². The molecule has 0 aliphatic heterocycles. The van der Waals surface area contributed by atoms with E-state index in [9.17, 15) is 0 Å². The third-order valence-corrected chi connectivity index (χ3v) is 4.73. The maximum atomic E-state index is 4.27. The lowest BCUT2D eigenvalue weighted by atomic mass is 10.4. The van der Waals surface area contributed by atoms with Gasteiger partial charge in [-0.2, -0.15) is 0 Å². The van der Waals surface area contributed by atoms with Crippen LogP contribution in [-0.4, -0.2) is 17.3 Å². The van der Waals surface area contributed by atoms with Gasteiger partial charge in [-0.25, -0.2) is 4.98 Å². The van der Waals surface area contributed by atoms with Crippen LogP contribution in [0.3, 0.4) is 0 Å². The lowest BCUT2D eigenvalue weighted by Crippen LogP contribution is -2.15. The molecular formula is C12H13BrN2S2. The predicted octanol–water partition coefficient (Wildman–Crippen LogP) is 3.79. The van der Waals surface area contributed by atoms with E-state index in [1.165, 1.54) is 9.35 Å². The molecule has 0 radical (unpaired) electrons. The largest absolute Gasteiger partial charge is 0.311 e. The highest BCUT2D eigenvalue weighted by atomic mass is 79.9. The highest BCUT2D eigenvalue weighted by molar-refractivity contribution is 9.10. The fourth-order valence-corrected chi connectivity index (χ4v) is 3.50. The summed E-state index contributed by atoms with van der Waals surface area (Å²) >= 11 is 7.01. The lowest BCUT2D eigenvalue weighted by Gasteiger charge is -2.02. The molecule has 5 heteroatoms. The minimum atomic E-state index is 0.943. The number of hydrogen-bond donors (Lipinski definition) is 1. The number of nitrogens with one attached hydrogen (secondary N) is 1. The van der Waals surface area contributed by atoms with Crippen LogP contribution in [0.4, 0.5) is 0 Å². The van der Waals surface area contributed by atoms with E-state index in [0.29, 0.717) is 0 Å². The number of thiophene rings is 1. The Labute approximate surface area is 118 Å². The molecule has 0 aliphatic rings. The molecule has 0 aromatic carbocycles. The maximum Gasteiger partial charge on any atom is 0.0960 e. The van der Waals surface area contributed by atoms with Gasteiger partial charge in [0.25, 0.3) is 0 Å². The van der Waals surface area contributed by atoms with E-state index in [1.807, 2.05) is 24.4 Å². The molecule has 0 unspecified atom stereocenters. The Balaban J connectivity index is 1.61. The van der Waals surface area contributed by atoms with Crippen molar-refractivity contribution in [1.82, 2.24) is 10.3 Å². The molecular weight excluding hydrogens is 316 g/mol. The SMILES string of the molecule is Brc1csc(CNCCSc2ccccn2)c1. The van der Waals surface area contributed by atoms with Gasteiger partial charge in [-0.15, -0.1) is 23.1 Å². The molecule has 0 saturated carbocycles. The summed E-state index contributed by atoms with van der Waals surface area (Å²) in [5, 5.41) is 6.63. The Kier molecular flexibility index (Phi) is 5.51. The number of thioether (sulfide) groups is 1. The summed E-state index contributed by atoms with van der Waals surface area (Å²) in [5.74, 6) is 1.05. The molecule has 2 aromatic heterocycles. The van der Waals surface area contributed by atoms with Crippen LogP contribution < -0.4 is 5.32 Å². The second kappa shape index (κ2) is 7.16. The first-order chi connectivity index (χ1) is 8.34. The van der Waals surface area contributed by atoms with Gasteiger partial charge < -0.3 is 5.32 Å². The molecule has 0 amide bonds. The van der Waals surface area contributed by atoms with Gasteiger partial charge in [0.1, 0.15) is 0 Å². The van der Waals surface area contributed by atoms with E-state index in [1.54, 1.807) is 23.1 Å². The van der Waals surface area contributed by atoms with Crippen molar-refractivity contribution in [3.05, 3.63) is 45.2 Å². The van der Waals surface area contributed by atoms with Crippen molar-refractivity contribution in [2.75, 3.05) is 12.3 Å². The zero-order valence-electron chi connectivity index (χ0n) is 9.23. The smallest absolute Gasteiger partial charge is 0.0960 e. The van der Waals surface area contributed by atoms with Crippen LogP contribution in [-0.2, 0) is 6.54 Å². The Morgan fingerprint density at radius 1 is 1.41 bits per heavy atom. The van der Waals surface area contributed by atoms with E-state index in [0.717, 1.165) is 23.9 Å². The molecule has 2 nitrogen and oxygen atoms in total. The minimum Gasteiger partial charge on any atom is -0.311 e. The third kappa shape index (κ3) is 4.79. The molecule has 17 heavy (non-hydrogen) atoms. The van der Waals surface area contributed by atoms with E-state index in [-0.39, 0.29) is 0 Å². The zero-order valence-corrected chi connectivity index (χ0v) is 12.4. The van der Waals surface area contributed by atoms with Gasteiger partial charge in [-0.05, 0) is 34.1 Å². The maximum absolute atomic E-state index is 4.27. The molecule has 0 atom stereocenters. The number of aromatic nitrogens is 1. The van der Waals surface area contributed by atoms with Crippen molar-refractivity contribution in [3.8, 4) is 0 Å². The average Bonchev–Trinajstić information content (AvgIpc) is 2.76. The van der Waals surface area contributed by atoms with Crippen LogP contribution in [0.1, 0.15) is 4.88 Å². The summed E-state index contributed by atoms with van der Waals surface area (Å²) < 4.78 is 1.17. The first kappa shape index (κ1) is 13.1. The zero-order chi connectivity index (χ0) is 11.9. The second-order valence-corrected chi connectivity index (χ2v) is 6.45. The molecule has 0 saturated heterocycles. The van der Waals surface area contributed by atoms with E-state index in [4.69, 9.17) is 0 Å². The van der Waals surface area contributed by atoms with Gasteiger partial charge in [0.2, 0.25) is 0 Å².